The first-order valence-corrected chi connectivity index (χ1v) is 3.58. The molecule has 0 aliphatic carbocycles. The first-order valence-electron chi connectivity index (χ1n) is 3.58. The van der Waals surface area contributed by atoms with Crippen LogP contribution in [0.15, 0.2) is 30.3 Å². The fourth-order valence-corrected chi connectivity index (χ4v) is 0.928. The Hall–Kier alpha value is -0.835. The lowest BCUT2D eigenvalue weighted by Crippen LogP contribution is -2.13. The van der Waals surface area contributed by atoms with Crippen molar-refractivity contribution in [1.29, 1.82) is 0 Å². The third-order valence-corrected chi connectivity index (χ3v) is 1.47. The predicted molar refractivity (Wildman–Crippen MR) is 52.3 cm³/mol. The number of rotatable bonds is 3. The van der Waals surface area contributed by atoms with Gasteiger partial charge in [0.25, 0.3) is 0 Å². The predicted octanol–water partition coefficient (Wildman–Crippen LogP) is -1.49. The Morgan fingerprint density at radius 2 is 1.67 bits per heavy atom. The summed E-state index contributed by atoms with van der Waals surface area (Å²) < 4.78 is 0. The monoisotopic (exact) mass is 170 g/mol. The van der Waals surface area contributed by atoms with Crippen molar-refractivity contribution in [1.82, 2.24) is 0 Å². The SMILES string of the molecule is O.O.OCCBc1ccccc1. The van der Waals surface area contributed by atoms with Crippen LogP contribution in [-0.2, 0) is 0 Å². The maximum atomic E-state index is 8.53. The lowest BCUT2D eigenvalue weighted by Gasteiger charge is -1.94. The van der Waals surface area contributed by atoms with Gasteiger partial charge in [0, 0.05) is 6.61 Å². The van der Waals surface area contributed by atoms with E-state index < -0.39 is 0 Å². The van der Waals surface area contributed by atoms with Crippen LogP contribution < -0.4 is 5.46 Å². The third kappa shape index (κ3) is 4.90. The van der Waals surface area contributed by atoms with E-state index in [1.54, 1.807) is 0 Å². The van der Waals surface area contributed by atoms with Gasteiger partial charge in [-0.3, -0.25) is 0 Å². The molecular weight excluding hydrogens is 155 g/mol. The summed E-state index contributed by atoms with van der Waals surface area (Å²) in [5.41, 5.74) is 1.30. The molecule has 0 fully saturated rings. The van der Waals surface area contributed by atoms with E-state index in [1.165, 1.54) is 5.46 Å². The fourth-order valence-electron chi connectivity index (χ4n) is 0.928. The molecule has 0 heterocycles. The molecule has 1 aromatic carbocycles. The second-order valence-corrected chi connectivity index (χ2v) is 2.31. The molecule has 0 saturated carbocycles. The van der Waals surface area contributed by atoms with Gasteiger partial charge in [-0.15, -0.1) is 0 Å². The van der Waals surface area contributed by atoms with Crippen molar-refractivity contribution in [3.63, 3.8) is 0 Å². The second kappa shape index (κ2) is 8.26. The van der Waals surface area contributed by atoms with Crippen molar-refractivity contribution in [2.45, 2.75) is 6.32 Å². The lowest BCUT2D eigenvalue weighted by molar-refractivity contribution is 0.318. The Labute approximate surface area is 72.9 Å². The van der Waals surface area contributed by atoms with E-state index in [2.05, 4.69) is 12.1 Å². The summed E-state index contributed by atoms with van der Waals surface area (Å²) in [6.07, 6.45) is 0.865. The van der Waals surface area contributed by atoms with Gasteiger partial charge in [0.15, 0.2) is 7.28 Å². The molecule has 1 aromatic rings. The van der Waals surface area contributed by atoms with Crippen molar-refractivity contribution in [2.24, 2.45) is 0 Å². The van der Waals surface area contributed by atoms with Gasteiger partial charge >= 0.3 is 0 Å². The fraction of sp³-hybridized carbons (Fsp3) is 0.250. The van der Waals surface area contributed by atoms with Crippen LogP contribution >= 0.6 is 0 Å². The van der Waals surface area contributed by atoms with Gasteiger partial charge in [-0.2, -0.15) is 0 Å². The molecule has 0 aromatic heterocycles. The van der Waals surface area contributed by atoms with Crippen LogP contribution in [0.4, 0.5) is 0 Å². The summed E-state index contributed by atoms with van der Waals surface area (Å²) >= 11 is 0. The molecular formula is C8H15BO3. The Morgan fingerprint density at radius 1 is 1.08 bits per heavy atom. The zero-order valence-electron chi connectivity index (χ0n) is 6.96. The van der Waals surface area contributed by atoms with Crippen LogP contribution in [0.2, 0.25) is 6.32 Å². The number of aliphatic hydroxyl groups is 1. The number of benzene rings is 1. The minimum Gasteiger partial charge on any atom is -0.412 e. The molecule has 68 valence electrons. The normalized spacial score (nSPS) is 7.75. The molecule has 12 heavy (non-hydrogen) atoms. The number of hydrogen-bond donors (Lipinski definition) is 1. The van der Waals surface area contributed by atoms with E-state index in [-0.39, 0.29) is 17.6 Å². The standard InChI is InChI=1S/C8H11BO.2H2O/c10-7-6-9-8-4-2-1-3-5-8;;/h1-5,9-10H,6-7H2;2*1H2. The van der Waals surface area contributed by atoms with E-state index in [4.69, 9.17) is 5.11 Å². The molecule has 0 bridgehead atoms. The van der Waals surface area contributed by atoms with Crippen LogP contribution in [0.5, 0.6) is 0 Å². The molecule has 0 atom stereocenters. The van der Waals surface area contributed by atoms with E-state index in [1.807, 2.05) is 18.2 Å². The molecule has 0 saturated heterocycles. The van der Waals surface area contributed by atoms with E-state index in [0.717, 1.165) is 13.6 Å². The van der Waals surface area contributed by atoms with E-state index in [0.29, 0.717) is 0 Å². The molecule has 0 radical (unpaired) electrons. The Balaban J connectivity index is 0. The molecule has 4 heteroatoms. The minimum atomic E-state index is 0. The topological polar surface area (TPSA) is 83.2 Å². The van der Waals surface area contributed by atoms with Crippen molar-refractivity contribution in [3.05, 3.63) is 30.3 Å². The molecule has 0 aliphatic heterocycles. The van der Waals surface area contributed by atoms with Crippen LogP contribution in [0.1, 0.15) is 0 Å². The van der Waals surface area contributed by atoms with Crippen LogP contribution in [-0.4, -0.2) is 29.9 Å². The molecule has 5 N–H and O–H groups in total. The second-order valence-electron chi connectivity index (χ2n) is 2.31. The van der Waals surface area contributed by atoms with Gasteiger partial charge < -0.3 is 16.1 Å². The summed E-state index contributed by atoms with van der Waals surface area (Å²) in [5, 5.41) is 8.53. The maximum Gasteiger partial charge on any atom is 0.159 e. The Kier molecular flexibility index (Phi) is 9.46. The highest BCUT2D eigenvalue weighted by molar-refractivity contribution is 6.53. The minimum absolute atomic E-state index is 0. The smallest absolute Gasteiger partial charge is 0.159 e. The summed E-state index contributed by atoms with van der Waals surface area (Å²) in [6, 6.07) is 10.2. The highest BCUT2D eigenvalue weighted by Gasteiger charge is 1.91. The molecule has 0 aliphatic rings. The van der Waals surface area contributed by atoms with Crippen LogP contribution in [0.25, 0.3) is 0 Å². The summed E-state index contributed by atoms with van der Waals surface area (Å²) in [7, 11) is 0.983. The van der Waals surface area contributed by atoms with Gasteiger partial charge in [0.2, 0.25) is 0 Å². The number of hydrogen-bond acceptors (Lipinski definition) is 1. The van der Waals surface area contributed by atoms with Gasteiger partial charge in [0.1, 0.15) is 0 Å². The van der Waals surface area contributed by atoms with Crippen molar-refractivity contribution < 1.29 is 16.1 Å². The molecule has 1 rings (SSSR count). The molecule has 0 unspecified atom stereocenters. The molecule has 0 amide bonds. The number of aliphatic hydroxyl groups excluding tert-OH is 1. The summed E-state index contributed by atoms with van der Waals surface area (Å²) in [6.45, 7) is 0.287. The Morgan fingerprint density at radius 3 is 2.17 bits per heavy atom. The maximum absolute atomic E-state index is 8.53. The van der Waals surface area contributed by atoms with Crippen LogP contribution in [0, 0.1) is 0 Å². The Bertz CT molecular complexity index is 179. The first kappa shape index (κ1) is 13.7. The van der Waals surface area contributed by atoms with Gasteiger partial charge in [-0.1, -0.05) is 35.8 Å². The highest BCUT2D eigenvalue weighted by atomic mass is 16.2. The summed E-state index contributed by atoms with van der Waals surface area (Å²) in [4.78, 5) is 0. The van der Waals surface area contributed by atoms with Crippen molar-refractivity contribution in [2.75, 3.05) is 6.61 Å². The highest BCUT2D eigenvalue weighted by Crippen LogP contribution is 1.83. The van der Waals surface area contributed by atoms with Gasteiger partial charge in [-0.05, 0) is 6.32 Å². The summed E-state index contributed by atoms with van der Waals surface area (Å²) in [5.74, 6) is 0. The largest absolute Gasteiger partial charge is 0.412 e. The van der Waals surface area contributed by atoms with Gasteiger partial charge in [0.05, 0.1) is 0 Å². The van der Waals surface area contributed by atoms with E-state index in [9.17, 15) is 0 Å². The molecule has 3 nitrogen and oxygen atoms in total. The average molecular weight is 170 g/mol. The van der Waals surface area contributed by atoms with E-state index >= 15 is 0 Å². The zero-order valence-corrected chi connectivity index (χ0v) is 6.96. The van der Waals surface area contributed by atoms with Gasteiger partial charge in [-0.25, -0.2) is 0 Å². The first-order chi connectivity index (χ1) is 4.93. The average Bonchev–Trinajstić information content (AvgIpc) is 2.03. The van der Waals surface area contributed by atoms with Crippen molar-refractivity contribution >= 4 is 12.7 Å². The van der Waals surface area contributed by atoms with Crippen molar-refractivity contribution in [3.8, 4) is 0 Å². The molecule has 0 spiro atoms. The third-order valence-electron chi connectivity index (χ3n) is 1.47. The lowest BCUT2D eigenvalue weighted by atomic mass is 9.68. The zero-order chi connectivity index (χ0) is 7.23. The van der Waals surface area contributed by atoms with Crippen LogP contribution in [0.3, 0.4) is 0 Å². The quantitative estimate of drug-likeness (QED) is 0.550.